The predicted molar refractivity (Wildman–Crippen MR) is 149 cm³/mol. The van der Waals surface area contributed by atoms with E-state index in [2.05, 4.69) is 13.2 Å². The Bertz CT molecular complexity index is 1140. The van der Waals surface area contributed by atoms with Crippen molar-refractivity contribution in [2.24, 2.45) is 17.8 Å². The molecule has 1 spiro atoms. The number of para-hydroxylation sites is 1. The maximum Gasteiger partial charge on any atom is 0.312 e. The van der Waals surface area contributed by atoms with Gasteiger partial charge >= 0.3 is 5.97 Å². The maximum atomic E-state index is 14.6. The minimum atomic E-state index is -1.24. The van der Waals surface area contributed by atoms with Crippen molar-refractivity contribution in [2.75, 3.05) is 24.7 Å². The molecular weight excluding hydrogens is 520 g/mol. The number of anilines is 1. The van der Waals surface area contributed by atoms with Gasteiger partial charge in [0, 0.05) is 6.54 Å². The molecule has 0 radical (unpaired) electrons. The van der Waals surface area contributed by atoms with Gasteiger partial charge in [-0.05, 0) is 50.7 Å². The number of halogens is 1. The van der Waals surface area contributed by atoms with Crippen molar-refractivity contribution in [1.82, 2.24) is 4.90 Å². The summed E-state index contributed by atoms with van der Waals surface area (Å²) in [6, 6.07) is 5.31. The number of nitrogens with zero attached hydrogens (tertiary/aromatic N) is 2. The molecular formula is C30H39ClN2O6. The highest BCUT2D eigenvalue weighted by atomic mass is 35.5. The lowest BCUT2D eigenvalue weighted by atomic mass is 9.66. The van der Waals surface area contributed by atoms with Crippen LogP contribution in [0.15, 0.2) is 49.6 Å². The number of amides is 2. The zero-order valence-electron chi connectivity index (χ0n) is 23.0. The van der Waals surface area contributed by atoms with Gasteiger partial charge < -0.3 is 24.4 Å². The summed E-state index contributed by atoms with van der Waals surface area (Å²) in [5, 5.41) is 10.8. The fraction of sp³-hybridized carbons (Fsp3) is 0.567. The molecule has 3 saturated heterocycles. The van der Waals surface area contributed by atoms with Gasteiger partial charge in [0.15, 0.2) is 0 Å². The highest BCUT2D eigenvalue weighted by Gasteiger charge is 2.79. The van der Waals surface area contributed by atoms with E-state index in [4.69, 9.17) is 21.1 Å². The molecule has 1 aromatic carbocycles. The maximum absolute atomic E-state index is 14.6. The Morgan fingerprint density at radius 2 is 2.00 bits per heavy atom. The standard InChI is InChI=1S/C30H39ClN2O6/c1-6-8-16-38-28(37)24-23-26(35)33(20(18-34)17-19(3)4)25(30(23)14-13-29(24,5)39-30)27(36)32(15-7-2)22-12-10-9-11-21(22)31/h6-7,9-12,19-20,23-25,34H,1-2,8,13-18H2,3-5H3/t20-,23+,24-,25?,29+,30?/m1/s1. The minimum Gasteiger partial charge on any atom is -0.465 e. The van der Waals surface area contributed by atoms with E-state index in [-0.39, 0.29) is 37.5 Å². The van der Waals surface area contributed by atoms with E-state index in [1.165, 1.54) is 9.80 Å². The molecule has 212 valence electrons. The smallest absolute Gasteiger partial charge is 0.312 e. The SMILES string of the molecule is C=CCCOC(=O)[C@H]1[C@H]2C(=O)N([C@@H](CO)CC(C)C)C(C(=O)N(CC=C)c3ccccc3Cl)C23CC[C@]1(C)O3. The number of carbonyl (C=O) groups excluding carboxylic acids is 3. The van der Waals surface area contributed by atoms with Crippen LogP contribution < -0.4 is 4.90 Å². The van der Waals surface area contributed by atoms with Gasteiger partial charge in [-0.1, -0.05) is 49.7 Å². The second kappa shape index (κ2) is 11.4. The first kappa shape index (κ1) is 29.3. The molecule has 2 bridgehead atoms. The fourth-order valence-electron chi connectivity index (χ4n) is 6.80. The van der Waals surface area contributed by atoms with Crippen LogP contribution in [0.3, 0.4) is 0 Å². The first-order valence-corrected chi connectivity index (χ1v) is 14.0. The number of benzene rings is 1. The summed E-state index contributed by atoms with van der Waals surface area (Å²) in [4.78, 5) is 45.4. The Kier molecular flexibility index (Phi) is 8.59. The molecule has 1 aromatic rings. The number of fused-ring (bicyclic) bond motifs is 1. The molecule has 1 N–H and O–H groups in total. The van der Waals surface area contributed by atoms with Crippen molar-refractivity contribution in [3.05, 3.63) is 54.6 Å². The zero-order valence-corrected chi connectivity index (χ0v) is 23.7. The van der Waals surface area contributed by atoms with Crippen LogP contribution in [-0.2, 0) is 23.9 Å². The molecule has 3 aliphatic rings. The topological polar surface area (TPSA) is 96.4 Å². The van der Waals surface area contributed by atoms with Crippen molar-refractivity contribution >= 4 is 35.1 Å². The molecule has 4 rings (SSSR count). The molecule has 0 aliphatic carbocycles. The first-order valence-electron chi connectivity index (χ1n) is 13.6. The van der Waals surface area contributed by atoms with Crippen LogP contribution in [0.5, 0.6) is 0 Å². The average molecular weight is 559 g/mol. The van der Waals surface area contributed by atoms with Gasteiger partial charge in [0.1, 0.15) is 17.6 Å². The van der Waals surface area contributed by atoms with Crippen molar-refractivity contribution in [3.8, 4) is 0 Å². The van der Waals surface area contributed by atoms with E-state index < -0.39 is 41.1 Å². The molecule has 39 heavy (non-hydrogen) atoms. The van der Waals surface area contributed by atoms with E-state index in [0.29, 0.717) is 36.4 Å². The molecule has 3 heterocycles. The lowest BCUT2D eigenvalue weighted by molar-refractivity contribution is -0.160. The third kappa shape index (κ3) is 4.92. The molecule has 0 saturated carbocycles. The zero-order chi connectivity index (χ0) is 28.5. The van der Waals surface area contributed by atoms with E-state index in [1.807, 2.05) is 20.8 Å². The van der Waals surface area contributed by atoms with Crippen LogP contribution in [0.4, 0.5) is 5.69 Å². The Labute approximate surface area is 235 Å². The van der Waals surface area contributed by atoms with Crippen molar-refractivity contribution < 1.29 is 29.0 Å². The third-order valence-corrected chi connectivity index (χ3v) is 8.66. The number of rotatable bonds is 12. The van der Waals surface area contributed by atoms with Gasteiger partial charge in [0.25, 0.3) is 5.91 Å². The molecule has 9 heteroatoms. The molecule has 3 aliphatic heterocycles. The average Bonchev–Trinajstić information content (AvgIpc) is 3.46. The minimum absolute atomic E-state index is 0.144. The number of ether oxygens (including phenoxy) is 2. The van der Waals surface area contributed by atoms with Gasteiger partial charge in [0.2, 0.25) is 5.91 Å². The predicted octanol–water partition coefficient (Wildman–Crippen LogP) is 4.15. The summed E-state index contributed by atoms with van der Waals surface area (Å²) in [5.41, 5.74) is -1.70. The summed E-state index contributed by atoms with van der Waals surface area (Å²) in [6.07, 6.45) is 5.15. The van der Waals surface area contributed by atoms with Gasteiger partial charge in [-0.15, -0.1) is 13.2 Å². The molecule has 0 aromatic heterocycles. The van der Waals surface area contributed by atoms with Crippen LogP contribution in [0.1, 0.15) is 46.5 Å². The molecule has 6 atom stereocenters. The summed E-state index contributed by atoms with van der Waals surface area (Å²) >= 11 is 6.52. The number of hydrogen-bond acceptors (Lipinski definition) is 6. The summed E-state index contributed by atoms with van der Waals surface area (Å²) in [7, 11) is 0. The number of hydrogen-bond donors (Lipinski definition) is 1. The first-order chi connectivity index (χ1) is 18.6. The van der Waals surface area contributed by atoms with Gasteiger partial charge in [-0.3, -0.25) is 14.4 Å². The Morgan fingerprint density at radius 1 is 1.28 bits per heavy atom. The van der Waals surface area contributed by atoms with Crippen LogP contribution in [-0.4, -0.2) is 70.8 Å². The monoisotopic (exact) mass is 558 g/mol. The van der Waals surface area contributed by atoms with Crippen molar-refractivity contribution in [3.63, 3.8) is 0 Å². The van der Waals surface area contributed by atoms with Crippen molar-refractivity contribution in [1.29, 1.82) is 0 Å². The van der Waals surface area contributed by atoms with Gasteiger partial charge in [0.05, 0.1) is 41.5 Å². The molecule has 2 unspecified atom stereocenters. The number of carbonyl (C=O) groups is 3. The normalized spacial score (nSPS) is 29.8. The number of aliphatic hydroxyl groups excluding tert-OH is 1. The van der Waals surface area contributed by atoms with E-state index in [0.717, 1.165) is 0 Å². The van der Waals surface area contributed by atoms with Gasteiger partial charge in [-0.25, -0.2) is 0 Å². The summed E-state index contributed by atoms with van der Waals surface area (Å²) in [6.45, 7) is 13.3. The summed E-state index contributed by atoms with van der Waals surface area (Å²) in [5.74, 6) is -2.88. The van der Waals surface area contributed by atoms with Crippen molar-refractivity contribution in [2.45, 2.75) is 69.7 Å². The summed E-state index contributed by atoms with van der Waals surface area (Å²) < 4.78 is 12.2. The van der Waals surface area contributed by atoms with E-state index >= 15 is 0 Å². The second-order valence-electron chi connectivity index (χ2n) is 11.4. The highest BCUT2D eigenvalue weighted by Crippen LogP contribution is 2.64. The lowest BCUT2D eigenvalue weighted by Gasteiger charge is -2.40. The quantitative estimate of drug-likeness (QED) is 0.235. The Morgan fingerprint density at radius 3 is 2.62 bits per heavy atom. The molecule has 3 fully saturated rings. The van der Waals surface area contributed by atoms with Crippen LogP contribution in [0, 0.1) is 17.8 Å². The highest BCUT2D eigenvalue weighted by molar-refractivity contribution is 6.34. The number of esters is 1. The molecule has 8 nitrogen and oxygen atoms in total. The van der Waals surface area contributed by atoms with E-state index in [9.17, 15) is 19.5 Å². The lowest BCUT2D eigenvalue weighted by Crippen LogP contribution is -2.59. The van der Waals surface area contributed by atoms with Crippen LogP contribution in [0.25, 0.3) is 0 Å². The largest absolute Gasteiger partial charge is 0.465 e. The molecule has 2 amide bonds. The van der Waals surface area contributed by atoms with Crippen LogP contribution >= 0.6 is 11.6 Å². The van der Waals surface area contributed by atoms with Gasteiger partial charge in [-0.2, -0.15) is 0 Å². The number of likely N-dealkylation sites (tertiary alicyclic amines) is 1. The fourth-order valence-corrected chi connectivity index (χ4v) is 7.04. The van der Waals surface area contributed by atoms with E-state index in [1.54, 1.807) is 36.4 Å². The van der Waals surface area contributed by atoms with Crippen LogP contribution in [0.2, 0.25) is 5.02 Å². The second-order valence-corrected chi connectivity index (χ2v) is 11.8. The third-order valence-electron chi connectivity index (χ3n) is 8.34. The number of aliphatic hydroxyl groups is 1. The Hall–Kier alpha value is -2.68. The Balaban J connectivity index is 1.83.